The van der Waals surface area contributed by atoms with Crippen molar-refractivity contribution in [2.24, 2.45) is 5.92 Å². The number of rotatable bonds is 5. The van der Waals surface area contributed by atoms with Gasteiger partial charge in [-0.3, -0.25) is 24.5 Å². The summed E-state index contributed by atoms with van der Waals surface area (Å²) in [4.78, 5) is 49.5. The van der Waals surface area contributed by atoms with Gasteiger partial charge in [0.25, 0.3) is 5.69 Å². The molecule has 1 aliphatic carbocycles. The molecule has 29 heavy (non-hydrogen) atoms. The molecule has 2 aromatic rings. The van der Waals surface area contributed by atoms with Crippen molar-refractivity contribution in [3.05, 3.63) is 100 Å². The van der Waals surface area contributed by atoms with E-state index in [9.17, 15) is 24.5 Å². The number of amides is 1. The average Bonchev–Trinajstić information content (AvgIpc) is 2.74. The van der Waals surface area contributed by atoms with E-state index in [0.29, 0.717) is 11.1 Å². The van der Waals surface area contributed by atoms with Crippen molar-refractivity contribution < 1.29 is 19.3 Å². The van der Waals surface area contributed by atoms with Crippen molar-refractivity contribution in [3.63, 3.8) is 0 Å². The molecule has 7 nitrogen and oxygen atoms in total. The van der Waals surface area contributed by atoms with E-state index in [1.165, 1.54) is 29.2 Å². The number of nitro groups is 1. The summed E-state index contributed by atoms with van der Waals surface area (Å²) < 4.78 is 0. The summed E-state index contributed by atoms with van der Waals surface area (Å²) in [5.74, 6) is -1.82. The molecule has 4 rings (SSSR count). The summed E-state index contributed by atoms with van der Waals surface area (Å²) in [5, 5.41) is 10.8. The Morgan fingerprint density at radius 2 is 1.62 bits per heavy atom. The van der Waals surface area contributed by atoms with Gasteiger partial charge in [-0.1, -0.05) is 42.5 Å². The van der Waals surface area contributed by atoms with Crippen molar-refractivity contribution in [2.45, 2.75) is 12.1 Å². The van der Waals surface area contributed by atoms with Gasteiger partial charge in [-0.2, -0.15) is 0 Å². The second-order valence-corrected chi connectivity index (χ2v) is 6.97. The van der Waals surface area contributed by atoms with Crippen molar-refractivity contribution in [3.8, 4) is 0 Å². The molecule has 0 unspecified atom stereocenters. The number of carbonyl (C=O) groups excluding carboxylic acids is 3. The van der Waals surface area contributed by atoms with E-state index in [1.807, 2.05) is 0 Å². The van der Waals surface area contributed by atoms with Crippen molar-refractivity contribution in [1.29, 1.82) is 0 Å². The van der Waals surface area contributed by atoms with Crippen LogP contribution in [0.1, 0.15) is 15.9 Å². The minimum Gasteiger partial charge on any atom is -0.324 e. The van der Waals surface area contributed by atoms with Gasteiger partial charge in [0.1, 0.15) is 5.92 Å². The standard InChI is InChI=1S/C22H16N2O5/c25-18-10-12-22(13-11-18)19(20(26)16-4-2-1-3-5-16)21(27)23(22)14-15-6-8-17(9-7-15)24(28)29/h1-13,19H,14H2/t19-/m0/s1. The zero-order valence-corrected chi connectivity index (χ0v) is 15.2. The van der Waals surface area contributed by atoms with Crippen LogP contribution in [0.15, 0.2) is 78.9 Å². The highest BCUT2D eigenvalue weighted by molar-refractivity contribution is 6.16. The Balaban J connectivity index is 1.66. The molecule has 1 amide bonds. The molecule has 1 atom stereocenters. The number of likely N-dealkylation sites (tertiary alicyclic amines) is 1. The molecule has 1 spiro atoms. The Hall–Kier alpha value is -3.87. The van der Waals surface area contributed by atoms with Gasteiger partial charge >= 0.3 is 0 Å². The van der Waals surface area contributed by atoms with Gasteiger partial charge in [-0.25, -0.2) is 0 Å². The fourth-order valence-electron chi connectivity index (χ4n) is 3.76. The summed E-state index contributed by atoms with van der Waals surface area (Å²) in [6.45, 7) is 0.165. The summed E-state index contributed by atoms with van der Waals surface area (Å²) >= 11 is 0. The number of non-ortho nitro benzene ring substituents is 1. The number of nitrogens with zero attached hydrogens (tertiary/aromatic N) is 2. The highest BCUT2D eigenvalue weighted by Crippen LogP contribution is 2.44. The van der Waals surface area contributed by atoms with Crippen LogP contribution in [0.4, 0.5) is 5.69 Å². The van der Waals surface area contributed by atoms with Crippen LogP contribution in [0.5, 0.6) is 0 Å². The number of hydrogen-bond acceptors (Lipinski definition) is 5. The molecule has 0 N–H and O–H groups in total. The molecule has 1 heterocycles. The van der Waals surface area contributed by atoms with E-state index < -0.39 is 16.4 Å². The average molecular weight is 388 g/mol. The molecule has 2 aliphatic rings. The van der Waals surface area contributed by atoms with E-state index in [2.05, 4.69) is 0 Å². The van der Waals surface area contributed by atoms with Crippen LogP contribution in [0.3, 0.4) is 0 Å². The fraction of sp³-hybridized carbons (Fsp3) is 0.136. The third-order valence-electron chi connectivity index (χ3n) is 5.28. The first kappa shape index (κ1) is 18.5. The van der Waals surface area contributed by atoms with Gasteiger partial charge in [0.05, 0.1) is 10.5 Å². The van der Waals surface area contributed by atoms with E-state index >= 15 is 0 Å². The number of allylic oxidation sites excluding steroid dienone is 2. The SMILES string of the molecule is O=C1C=CC2(C=C1)[C@@H](C(=O)c1ccccc1)C(=O)N2Cc1ccc([N+](=O)[O-])cc1. The van der Waals surface area contributed by atoms with Crippen molar-refractivity contribution >= 4 is 23.2 Å². The second-order valence-electron chi connectivity index (χ2n) is 6.97. The highest BCUT2D eigenvalue weighted by atomic mass is 16.6. The number of hydrogen-bond donors (Lipinski definition) is 0. The molecular weight excluding hydrogens is 372 g/mol. The molecule has 0 bridgehead atoms. The third-order valence-corrected chi connectivity index (χ3v) is 5.28. The van der Waals surface area contributed by atoms with Gasteiger partial charge in [0, 0.05) is 24.2 Å². The van der Waals surface area contributed by atoms with Crippen LogP contribution in [-0.2, 0) is 16.1 Å². The van der Waals surface area contributed by atoms with Crippen LogP contribution < -0.4 is 0 Å². The number of Topliss-reactive ketones (excluding diaryl/α,β-unsaturated/α-hetero) is 1. The van der Waals surface area contributed by atoms with Gasteiger partial charge < -0.3 is 4.90 Å². The first-order valence-electron chi connectivity index (χ1n) is 8.99. The third kappa shape index (κ3) is 3.06. The largest absolute Gasteiger partial charge is 0.324 e. The topological polar surface area (TPSA) is 97.6 Å². The molecule has 0 aromatic heterocycles. The minimum atomic E-state index is -1.03. The van der Waals surface area contributed by atoms with Gasteiger partial charge in [-0.05, 0) is 29.9 Å². The lowest BCUT2D eigenvalue weighted by atomic mass is 9.67. The Labute approximate surface area is 166 Å². The van der Waals surface area contributed by atoms with Crippen LogP contribution in [0.25, 0.3) is 0 Å². The molecule has 7 heteroatoms. The summed E-state index contributed by atoms with van der Waals surface area (Å²) in [5.41, 5.74) is 0.0461. The van der Waals surface area contributed by atoms with E-state index in [4.69, 9.17) is 0 Å². The van der Waals surface area contributed by atoms with E-state index in [1.54, 1.807) is 54.6 Å². The van der Waals surface area contributed by atoms with Crippen molar-refractivity contribution in [2.75, 3.05) is 0 Å². The first-order valence-corrected chi connectivity index (χ1v) is 8.99. The lowest BCUT2D eigenvalue weighted by Crippen LogP contribution is -2.71. The maximum absolute atomic E-state index is 13.0. The maximum Gasteiger partial charge on any atom is 0.269 e. The molecule has 2 aromatic carbocycles. The quantitative estimate of drug-likeness (QED) is 0.258. The predicted molar refractivity (Wildman–Crippen MR) is 104 cm³/mol. The number of benzene rings is 2. The van der Waals surface area contributed by atoms with Crippen LogP contribution in [0, 0.1) is 16.0 Å². The monoisotopic (exact) mass is 388 g/mol. The first-order chi connectivity index (χ1) is 13.9. The lowest BCUT2D eigenvalue weighted by molar-refractivity contribution is -0.384. The Kier molecular flexibility index (Phi) is 4.43. The molecule has 1 fully saturated rings. The van der Waals surface area contributed by atoms with E-state index in [0.717, 1.165) is 0 Å². The highest BCUT2D eigenvalue weighted by Gasteiger charge is 2.60. The van der Waals surface area contributed by atoms with Crippen LogP contribution in [0.2, 0.25) is 0 Å². The zero-order valence-electron chi connectivity index (χ0n) is 15.2. The Morgan fingerprint density at radius 3 is 2.21 bits per heavy atom. The maximum atomic E-state index is 13.0. The molecule has 144 valence electrons. The smallest absolute Gasteiger partial charge is 0.269 e. The van der Waals surface area contributed by atoms with Gasteiger partial charge in [-0.15, -0.1) is 0 Å². The Morgan fingerprint density at radius 1 is 1.00 bits per heavy atom. The van der Waals surface area contributed by atoms with Gasteiger partial charge in [0.2, 0.25) is 5.91 Å². The van der Waals surface area contributed by atoms with Crippen LogP contribution >= 0.6 is 0 Å². The molecule has 1 aliphatic heterocycles. The normalized spacial score (nSPS) is 19.3. The number of carbonyl (C=O) groups is 3. The number of nitro benzene ring substituents is 1. The second kappa shape index (κ2) is 6.94. The molecule has 1 saturated heterocycles. The molecule has 0 radical (unpaired) electrons. The lowest BCUT2D eigenvalue weighted by Gasteiger charge is -2.54. The molecule has 0 saturated carbocycles. The molecular formula is C22H16N2O5. The summed E-state index contributed by atoms with van der Waals surface area (Å²) in [6, 6.07) is 14.5. The Bertz CT molecular complexity index is 1050. The van der Waals surface area contributed by atoms with Crippen molar-refractivity contribution in [1.82, 2.24) is 4.90 Å². The number of ketones is 2. The van der Waals surface area contributed by atoms with Gasteiger partial charge in [0.15, 0.2) is 11.6 Å². The summed E-state index contributed by atoms with van der Waals surface area (Å²) in [7, 11) is 0. The summed E-state index contributed by atoms with van der Waals surface area (Å²) in [6.07, 6.45) is 5.91. The minimum absolute atomic E-state index is 0.0430. The van der Waals surface area contributed by atoms with E-state index in [-0.39, 0.29) is 29.7 Å². The zero-order chi connectivity index (χ0) is 20.6. The predicted octanol–water partition coefficient (Wildman–Crippen LogP) is 2.87. The number of β-lactam (4-membered cyclic amide) rings is 1. The fourth-order valence-corrected chi connectivity index (χ4v) is 3.76. The van der Waals surface area contributed by atoms with Crippen LogP contribution in [-0.4, -0.2) is 32.8 Å².